The van der Waals surface area contributed by atoms with Crippen molar-refractivity contribution < 1.29 is 9.53 Å². The van der Waals surface area contributed by atoms with Gasteiger partial charge in [-0.3, -0.25) is 10.1 Å². The summed E-state index contributed by atoms with van der Waals surface area (Å²) in [6.07, 6.45) is 0. The van der Waals surface area contributed by atoms with Gasteiger partial charge < -0.3 is 4.74 Å². The van der Waals surface area contributed by atoms with Crippen LogP contribution in [0.15, 0.2) is 22.5 Å². The molecule has 2 aromatic heterocycles. The molecule has 3 rings (SSSR count). The maximum atomic E-state index is 12.4. The molecule has 0 aliphatic heterocycles. The largest absolute Gasteiger partial charge is 0.497 e. The molecule has 0 aliphatic carbocycles. The summed E-state index contributed by atoms with van der Waals surface area (Å²) in [4.78, 5) is 12.9. The zero-order valence-electron chi connectivity index (χ0n) is 12.3. The number of rotatable bonds is 5. The first-order valence-electron chi connectivity index (χ1n) is 6.66. The van der Waals surface area contributed by atoms with Crippen LogP contribution in [0.25, 0.3) is 10.1 Å². The zero-order chi connectivity index (χ0) is 16.4. The van der Waals surface area contributed by atoms with Crippen LogP contribution < -0.4 is 10.1 Å². The lowest BCUT2D eigenvalue weighted by Gasteiger charge is -1.99. The lowest BCUT2D eigenvalue weighted by Crippen LogP contribution is -2.10. The lowest BCUT2D eigenvalue weighted by atomic mass is 10.2. The second kappa shape index (κ2) is 7.04. The van der Waals surface area contributed by atoms with Crippen LogP contribution in [-0.2, 0) is 0 Å². The number of hydrogen-bond donors (Lipinski definition) is 1. The number of anilines is 1. The standard InChI is InChI=1S/C14H12ClN3O2S3/c1-3-21-14-18-17-13(23-14)16-12(19)11-10(15)8-6-7(20-2)4-5-9(8)22-11/h4-6H,3H2,1-2H3,(H,16,17,19). The predicted molar refractivity (Wildman–Crippen MR) is 97.6 cm³/mol. The molecule has 0 spiro atoms. The number of halogens is 1. The highest BCUT2D eigenvalue weighted by Crippen LogP contribution is 2.38. The van der Waals surface area contributed by atoms with Crippen LogP contribution in [0.3, 0.4) is 0 Å². The van der Waals surface area contributed by atoms with Gasteiger partial charge in [0.1, 0.15) is 10.6 Å². The Kier molecular flexibility index (Phi) is 5.05. The van der Waals surface area contributed by atoms with Gasteiger partial charge >= 0.3 is 0 Å². The monoisotopic (exact) mass is 385 g/mol. The molecular formula is C14H12ClN3O2S3. The second-order valence-electron chi connectivity index (χ2n) is 4.37. The third kappa shape index (κ3) is 3.45. The lowest BCUT2D eigenvalue weighted by molar-refractivity contribution is 0.103. The molecule has 120 valence electrons. The first-order valence-corrected chi connectivity index (χ1v) is 9.65. The van der Waals surface area contributed by atoms with Gasteiger partial charge in [-0.15, -0.1) is 21.5 Å². The van der Waals surface area contributed by atoms with Crippen LogP contribution in [0.1, 0.15) is 16.6 Å². The quantitative estimate of drug-likeness (QED) is 0.505. The Morgan fingerprint density at radius 3 is 2.96 bits per heavy atom. The van der Waals surface area contributed by atoms with Crippen LogP contribution in [0.4, 0.5) is 5.13 Å². The number of ether oxygens (including phenoxy) is 1. The van der Waals surface area contributed by atoms with Crippen LogP contribution >= 0.6 is 46.0 Å². The van der Waals surface area contributed by atoms with Crippen LogP contribution in [-0.4, -0.2) is 29.0 Å². The van der Waals surface area contributed by atoms with Crippen LogP contribution in [0.2, 0.25) is 5.02 Å². The van der Waals surface area contributed by atoms with Gasteiger partial charge in [0, 0.05) is 10.1 Å². The summed E-state index contributed by atoms with van der Waals surface area (Å²) >= 11 is 10.6. The maximum absolute atomic E-state index is 12.4. The number of aromatic nitrogens is 2. The van der Waals surface area contributed by atoms with E-state index in [0.29, 0.717) is 20.8 Å². The number of thioether (sulfide) groups is 1. The van der Waals surface area contributed by atoms with Gasteiger partial charge in [0.2, 0.25) is 5.13 Å². The van der Waals surface area contributed by atoms with E-state index in [1.165, 1.54) is 22.7 Å². The van der Waals surface area contributed by atoms with E-state index in [1.807, 2.05) is 25.1 Å². The number of fused-ring (bicyclic) bond motifs is 1. The molecule has 1 aromatic carbocycles. The minimum absolute atomic E-state index is 0.278. The smallest absolute Gasteiger partial charge is 0.269 e. The Morgan fingerprint density at radius 2 is 2.22 bits per heavy atom. The third-order valence-corrected chi connectivity index (χ3v) is 6.46. The van der Waals surface area contributed by atoms with E-state index in [-0.39, 0.29) is 5.91 Å². The van der Waals surface area contributed by atoms with Crippen LogP contribution in [0, 0.1) is 0 Å². The molecule has 0 atom stereocenters. The Hall–Kier alpha value is -1.35. The first kappa shape index (κ1) is 16.5. The molecular weight excluding hydrogens is 374 g/mol. The molecule has 3 aromatic rings. The van der Waals surface area contributed by atoms with Crippen molar-refractivity contribution in [2.75, 3.05) is 18.2 Å². The number of carbonyl (C=O) groups excluding carboxylic acids is 1. The normalized spacial score (nSPS) is 10.9. The summed E-state index contributed by atoms with van der Waals surface area (Å²) in [5, 5.41) is 12.4. The SMILES string of the molecule is CCSc1nnc(NC(=O)c2sc3ccc(OC)cc3c2Cl)s1. The number of nitrogens with one attached hydrogen (secondary N) is 1. The van der Waals surface area contributed by atoms with E-state index in [9.17, 15) is 4.79 Å². The number of thiophene rings is 1. The predicted octanol–water partition coefficient (Wildman–Crippen LogP) is 4.78. The maximum Gasteiger partial charge on any atom is 0.269 e. The molecule has 0 saturated carbocycles. The highest BCUT2D eigenvalue weighted by Gasteiger charge is 2.19. The molecule has 23 heavy (non-hydrogen) atoms. The molecule has 5 nitrogen and oxygen atoms in total. The number of hydrogen-bond acceptors (Lipinski definition) is 7. The molecule has 9 heteroatoms. The summed E-state index contributed by atoms with van der Waals surface area (Å²) in [7, 11) is 1.59. The average Bonchev–Trinajstić information content (AvgIpc) is 3.12. The Bertz CT molecular complexity index is 862. The van der Waals surface area contributed by atoms with E-state index in [4.69, 9.17) is 16.3 Å². The molecule has 1 amide bonds. The highest BCUT2D eigenvalue weighted by atomic mass is 35.5. The topological polar surface area (TPSA) is 64.1 Å². The fourth-order valence-electron chi connectivity index (χ4n) is 1.92. The summed E-state index contributed by atoms with van der Waals surface area (Å²) < 4.78 is 6.95. The summed E-state index contributed by atoms with van der Waals surface area (Å²) in [6.45, 7) is 2.04. The van der Waals surface area contributed by atoms with E-state index in [0.717, 1.165) is 20.2 Å². The van der Waals surface area contributed by atoms with Crippen molar-refractivity contribution in [1.82, 2.24) is 10.2 Å². The number of methoxy groups -OCH3 is 1. The summed E-state index contributed by atoms with van der Waals surface area (Å²) in [6, 6.07) is 5.56. The number of amides is 1. The number of benzene rings is 1. The third-order valence-electron chi connectivity index (χ3n) is 2.94. The number of carbonyl (C=O) groups is 1. The minimum atomic E-state index is -0.278. The molecule has 0 bridgehead atoms. The summed E-state index contributed by atoms with van der Waals surface area (Å²) in [5.74, 6) is 1.33. The van der Waals surface area contributed by atoms with Crippen molar-refractivity contribution in [3.05, 3.63) is 28.1 Å². The Morgan fingerprint density at radius 1 is 1.39 bits per heavy atom. The van der Waals surface area contributed by atoms with E-state index < -0.39 is 0 Å². The van der Waals surface area contributed by atoms with Gasteiger partial charge in [0.25, 0.3) is 5.91 Å². The fraction of sp³-hybridized carbons (Fsp3) is 0.214. The van der Waals surface area contributed by atoms with Crippen molar-refractivity contribution in [3.63, 3.8) is 0 Å². The highest BCUT2D eigenvalue weighted by molar-refractivity contribution is 8.01. The fourth-order valence-corrected chi connectivity index (χ4v) is 4.94. The van der Waals surface area contributed by atoms with Gasteiger partial charge in [-0.05, 0) is 24.0 Å². The molecule has 0 unspecified atom stereocenters. The van der Waals surface area contributed by atoms with Gasteiger partial charge in [-0.25, -0.2) is 0 Å². The average molecular weight is 386 g/mol. The van der Waals surface area contributed by atoms with E-state index in [1.54, 1.807) is 18.9 Å². The van der Waals surface area contributed by atoms with Crippen molar-refractivity contribution in [2.45, 2.75) is 11.3 Å². The van der Waals surface area contributed by atoms with Gasteiger partial charge in [-0.2, -0.15) is 0 Å². The molecule has 0 saturated heterocycles. The molecule has 1 N–H and O–H groups in total. The van der Waals surface area contributed by atoms with Crippen molar-refractivity contribution in [1.29, 1.82) is 0 Å². The van der Waals surface area contributed by atoms with Crippen molar-refractivity contribution in [2.24, 2.45) is 0 Å². The van der Waals surface area contributed by atoms with Gasteiger partial charge in [0.15, 0.2) is 4.34 Å². The molecule has 0 fully saturated rings. The zero-order valence-corrected chi connectivity index (χ0v) is 15.5. The molecule has 0 aliphatic rings. The Balaban J connectivity index is 1.86. The van der Waals surface area contributed by atoms with Crippen molar-refractivity contribution in [3.8, 4) is 5.75 Å². The number of nitrogens with zero attached hydrogens (tertiary/aromatic N) is 2. The minimum Gasteiger partial charge on any atom is -0.497 e. The second-order valence-corrected chi connectivity index (χ2v) is 8.29. The van der Waals surface area contributed by atoms with Crippen molar-refractivity contribution >= 4 is 67.2 Å². The van der Waals surface area contributed by atoms with Gasteiger partial charge in [0.05, 0.1) is 12.1 Å². The first-order chi connectivity index (χ1) is 11.1. The molecule has 0 radical (unpaired) electrons. The molecule has 2 heterocycles. The van der Waals surface area contributed by atoms with Gasteiger partial charge in [-0.1, -0.05) is 41.6 Å². The van der Waals surface area contributed by atoms with E-state index >= 15 is 0 Å². The Labute approximate surface area is 150 Å². The summed E-state index contributed by atoms with van der Waals surface area (Å²) in [5.41, 5.74) is 0. The van der Waals surface area contributed by atoms with Crippen LogP contribution in [0.5, 0.6) is 5.75 Å². The van der Waals surface area contributed by atoms with E-state index in [2.05, 4.69) is 15.5 Å².